The first-order chi connectivity index (χ1) is 10.3. The quantitative estimate of drug-likeness (QED) is 0.784. The van der Waals surface area contributed by atoms with Gasteiger partial charge in [0.05, 0.1) is 11.3 Å². The number of hydrogen-bond acceptors (Lipinski definition) is 2. The van der Waals surface area contributed by atoms with Gasteiger partial charge >= 0.3 is 6.36 Å². The third-order valence-corrected chi connectivity index (χ3v) is 3.23. The molecule has 2 aromatic rings. The van der Waals surface area contributed by atoms with E-state index in [0.29, 0.717) is 4.47 Å². The van der Waals surface area contributed by atoms with Gasteiger partial charge in [-0.2, -0.15) is 0 Å². The molecular weight excluding hydrogens is 370 g/mol. The fourth-order valence-electron chi connectivity index (χ4n) is 1.64. The molecule has 1 amide bonds. The number of amides is 1. The number of hydrogen-bond donors (Lipinski definition) is 1. The lowest BCUT2D eigenvalue weighted by atomic mass is 10.2. The van der Waals surface area contributed by atoms with Crippen LogP contribution in [0.25, 0.3) is 0 Å². The van der Waals surface area contributed by atoms with Gasteiger partial charge in [0.25, 0.3) is 5.91 Å². The molecule has 0 aliphatic heterocycles. The standard InChI is InChI=1S/C14H8BrF4NO2/c15-10-6-5-8(16)7-9(10)13(21)20-11-3-1-2-4-12(11)22-14(17,18)19/h1-7H,(H,20,21). The number of para-hydroxylation sites is 2. The van der Waals surface area contributed by atoms with Gasteiger partial charge in [0.15, 0.2) is 5.75 Å². The summed E-state index contributed by atoms with van der Waals surface area (Å²) in [6.07, 6.45) is -4.89. The Bertz CT molecular complexity index is 703. The minimum Gasteiger partial charge on any atom is -0.404 e. The summed E-state index contributed by atoms with van der Waals surface area (Å²) in [6.45, 7) is 0. The monoisotopic (exact) mass is 377 g/mol. The van der Waals surface area contributed by atoms with E-state index in [1.54, 1.807) is 0 Å². The Morgan fingerprint density at radius 1 is 1.14 bits per heavy atom. The highest BCUT2D eigenvalue weighted by atomic mass is 79.9. The zero-order valence-electron chi connectivity index (χ0n) is 10.7. The third kappa shape index (κ3) is 4.20. The number of ether oxygens (including phenoxy) is 1. The summed E-state index contributed by atoms with van der Waals surface area (Å²) >= 11 is 3.07. The summed E-state index contributed by atoms with van der Waals surface area (Å²) in [5.74, 6) is -1.98. The van der Waals surface area contributed by atoms with Crippen molar-refractivity contribution in [2.75, 3.05) is 5.32 Å². The number of carbonyl (C=O) groups excluding carboxylic acids is 1. The van der Waals surface area contributed by atoms with Crippen molar-refractivity contribution in [2.45, 2.75) is 6.36 Å². The summed E-state index contributed by atoms with van der Waals surface area (Å²) < 4.78 is 54.2. The lowest BCUT2D eigenvalue weighted by Gasteiger charge is -2.14. The van der Waals surface area contributed by atoms with Crippen LogP contribution in [0.1, 0.15) is 10.4 Å². The van der Waals surface area contributed by atoms with Crippen LogP contribution in [0, 0.1) is 5.82 Å². The first kappa shape index (κ1) is 16.3. The molecule has 22 heavy (non-hydrogen) atoms. The Kier molecular flexibility index (Phi) is 4.70. The predicted octanol–water partition coefficient (Wildman–Crippen LogP) is 4.74. The number of benzene rings is 2. The van der Waals surface area contributed by atoms with Gasteiger partial charge in [0.1, 0.15) is 5.82 Å². The van der Waals surface area contributed by atoms with Crippen LogP contribution in [-0.4, -0.2) is 12.3 Å². The molecular formula is C14H8BrF4NO2. The highest BCUT2D eigenvalue weighted by Crippen LogP contribution is 2.30. The molecule has 0 unspecified atom stereocenters. The number of rotatable bonds is 3. The zero-order chi connectivity index (χ0) is 16.3. The van der Waals surface area contributed by atoms with Crippen molar-refractivity contribution in [1.82, 2.24) is 0 Å². The molecule has 1 N–H and O–H groups in total. The number of carbonyl (C=O) groups is 1. The van der Waals surface area contributed by atoms with Crippen LogP contribution in [-0.2, 0) is 0 Å². The molecule has 8 heteroatoms. The SMILES string of the molecule is O=C(Nc1ccccc1OC(F)(F)F)c1cc(F)ccc1Br. The van der Waals surface area contributed by atoms with Crippen molar-refractivity contribution < 1.29 is 27.1 Å². The van der Waals surface area contributed by atoms with Crippen LogP contribution < -0.4 is 10.1 Å². The van der Waals surface area contributed by atoms with Crippen LogP contribution in [0.4, 0.5) is 23.2 Å². The van der Waals surface area contributed by atoms with E-state index in [0.717, 1.165) is 18.2 Å². The molecule has 0 aromatic heterocycles. The van der Waals surface area contributed by atoms with Crippen molar-refractivity contribution in [3.8, 4) is 5.75 Å². The van der Waals surface area contributed by atoms with Crippen LogP contribution >= 0.6 is 15.9 Å². The average Bonchev–Trinajstić information content (AvgIpc) is 2.42. The summed E-state index contributed by atoms with van der Waals surface area (Å²) in [6, 6.07) is 8.49. The summed E-state index contributed by atoms with van der Waals surface area (Å²) in [4.78, 5) is 12.1. The molecule has 0 aliphatic rings. The van der Waals surface area contributed by atoms with Crippen LogP contribution in [0.5, 0.6) is 5.75 Å². The minimum atomic E-state index is -4.89. The van der Waals surface area contributed by atoms with Gasteiger partial charge in [-0.15, -0.1) is 13.2 Å². The second-order valence-electron chi connectivity index (χ2n) is 4.12. The average molecular weight is 378 g/mol. The fraction of sp³-hybridized carbons (Fsp3) is 0.0714. The lowest BCUT2D eigenvalue weighted by molar-refractivity contribution is -0.274. The molecule has 0 saturated carbocycles. The van der Waals surface area contributed by atoms with E-state index >= 15 is 0 Å². The second kappa shape index (κ2) is 6.35. The van der Waals surface area contributed by atoms with E-state index in [4.69, 9.17) is 0 Å². The van der Waals surface area contributed by atoms with Gasteiger partial charge in [0.2, 0.25) is 0 Å². The van der Waals surface area contributed by atoms with E-state index in [9.17, 15) is 22.4 Å². The molecule has 0 fully saturated rings. The molecule has 0 bridgehead atoms. The number of nitrogens with one attached hydrogen (secondary N) is 1. The molecule has 116 valence electrons. The van der Waals surface area contributed by atoms with Crippen molar-refractivity contribution in [3.05, 3.63) is 58.3 Å². The number of anilines is 1. The summed E-state index contributed by atoms with van der Waals surface area (Å²) in [5.41, 5.74) is -0.234. The topological polar surface area (TPSA) is 38.3 Å². The molecule has 0 spiro atoms. The second-order valence-corrected chi connectivity index (χ2v) is 4.98. The van der Waals surface area contributed by atoms with Crippen molar-refractivity contribution in [3.63, 3.8) is 0 Å². The van der Waals surface area contributed by atoms with Crippen LogP contribution in [0.3, 0.4) is 0 Å². The van der Waals surface area contributed by atoms with Gasteiger partial charge in [-0.05, 0) is 46.3 Å². The third-order valence-electron chi connectivity index (χ3n) is 2.53. The molecule has 0 heterocycles. The van der Waals surface area contributed by atoms with E-state index in [-0.39, 0.29) is 11.3 Å². The number of halogens is 5. The van der Waals surface area contributed by atoms with Gasteiger partial charge in [-0.3, -0.25) is 4.79 Å². The van der Waals surface area contributed by atoms with E-state index in [2.05, 4.69) is 26.0 Å². The molecule has 2 aromatic carbocycles. The normalized spacial score (nSPS) is 11.1. The summed E-state index contributed by atoms with van der Waals surface area (Å²) in [5, 5.41) is 2.26. The minimum absolute atomic E-state index is 0.0539. The maximum atomic E-state index is 13.2. The molecule has 0 aliphatic carbocycles. The van der Waals surface area contributed by atoms with Crippen molar-refractivity contribution in [1.29, 1.82) is 0 Å². The number of alkyl halides is 3. The van der Waals surface area contributed by atoms with Gasteiger partial charge in [-0.25, -0.2) is 4.39 Å². The Morgan fingerprint density at radius 2 is 1.82 bits per heavy atom. The molecule has 0 atom stereocenters. The Balaban J connectivity index is 2.27. The fourth-order valence-corrected chi connectivity index (χ4v) is 2.07. The molecule has 2 rings (SSSR count). The van der Waals surface area contributed by atoms with E-state index in [1.807, 2.05) is 0 Å². The highest BCUT2D eigenvalue weighted by Gasteiger charge is 2.32. The van der Waals surface area contributed by atoms with Crippen LogP contribution in [0.15, 0.2) is 46.9 Å². The van der Waals surface area contributed by atoms with E-state index in [1.165, 1.54) is 24.3 Å². The largest absolute Gasteiger partial charge is 0.573 e. The lowest BCUT2D eigenvalue weighted by Crippen LogP contribution is -2.19. The first-order valence-corrected chi connectivity index (χ1v) is 6.67. The van der Waals surface area contributed by atoms with Gasteiger partial charge < -0.3 is 10.1 Å². The van der Waals surface area contributed by atoms with Crippen molar-refractivity contribution >= 4 is 27.5 Å². The highest BCUT2D eigenvalue weighted by molar-refractivity contribution is 9.10. The Labute approximate surface area is 131 Å². The molecule has 3 nitrogen and oxygen atoms in total. The Hall–Kier alpha value is -2.09. The maximum absolute atomic E-state index is 13.2. The Morgan fingerprint density at radius 3 is 2.50 bits per heavy atom. The zero-order valence-corrected chi connectivity index (χ0v) is 12.3. The van der Waals surface area contributed by atoms with Crippen molar-refractivity contribution in [2.24, 2.45) is 0 Å². The summed E-state index contributed by atoms with van der Waals surface area (Å²) in [7, 11) is 0. The smallest absolute Gasteiger partial charge is 0.404 e. The van der Waals surface area contributed by atoms with Crippen LogP contribution in [0.2, 0.25) is 0 Å². The van der Waals surface area contributed by atoms with Gasteiger partial charge in [0, 0.05) is 4.47 Å². The van der Waals surface area contributed by atoms with Gasteiger partial charge in [-0.1, -0.05) is 12.1 Å². The predicted molar refractivity (Wildman–Crippen MR) is 75.2 cm³/mol. The molecule has 0 saturated heterocycles. The molecule has 0 radical (unpaired) electrons. The van der Waals surface area contributed by atoms with E-state index < -0.39 is 23.8 Å². The first-order valence-electron chi connectivity index (χ1n) is 5.87. The maximum Gasteiger partial charge on any atom is 0.573 e.